The van der Waals surface area contributed by atoms with Crippen molar-refractivity contribution in [3.8, 4) is 0 Å². The SMILES string of the molecule is CC1=C(O)C(=O)C=C2C1=CC=C1[C@@]2(C)CC[C@@]2(C)[C@@H]3C[C@](C)(COC(=O)N4CCN(C)CC4)CC[C@]3(C)CC[C@]12C. The van der Waals surface area contributed by atoms with Crippen LogP contribution < -0.4 is 0 Å². The number of carbonyl (C=O) groups is 2. The molecule has 6 heteroatoms. The number of ketones is 1. The number of aliphatic hydroxyl groups excluding tert-OH is 1. The van der Waals surface area contributed by atoms with Gasteiger partial charge in [-0.05, 0) is 98.3 Å². The molecule has 6 nitrogen and oxygen atoms in total. The first kappa shape index (κ1) is 28.8. The minimum absolute atomic E-state index is 0.00194. The Labute approximate surface area is 246 Å². The number of carbonyl (C=O) groups excluding carboxylic acids is 2. The summed E-state index contributed by atoms with van der Waals surface area (Å²) in [6.45, 7) is 17.9. The third kappa shape index (κ3) is 4.13. The van der Waals surface area contributed by atoms with Gasteiger partial charge in [-0.2, -0.15) is 0 Å². The first-order valence-electron chi connectivity index (χ1n) is 15.9. The maximum absolute atomic E-state index is 13.0. The lowest BCUT2D eigenvalue weighted by atomic mass is 9.34. The number of aliphatic hydroxyl groups is 1. The molecule has 1 N–H and O–H groups in total. The fourth-order valence-electron chi connectivity index (χ4n) is 9.97. The summed E-state index contributed by atoms with van der Waals surface area (Å²) < 4.78 is 6.04. The van der Waals surface area contributed by atoms with E-state index in [4.69, 9.17) is 4.74 Å². The minimum Gasteiger partial charge on any atom is -0.504 e. The molecule has 224 valence electrons. The number of hydrogen-bond donors (Lipinski definition) is 1. The highest BCUT2D eigenvalue weighted by Gasteiger charge is 2.66. The van der Waals surface area contributed by atoms with Gasteiger partial charge in [0, 0.05) is 42.6 Å². The fraction of sp³-hybridized carbons (Fsp3) is 0.714. The summed E-state index contributed by atoms with van der Waals surface area (Å²) >= 11 is 0. The van der Waals surface area contributed by atoms with Gasteiger partial charge in [-0.15, -0.1) is 0 Å². The van der Waals surface area contributed by atoms with Crippen molar-refractivity contribution < 1.29 is 19.4 Å². The van der Waals surface area contributed by atoms with E-state index in [2.05, 4.69) is 58.7 Å². The lowest BCUT2D eigenvalue weighted by Crippen LogP contribution is -2.62. The first-order valence-corrected chi connectivity index (χ1v) is 15.9. The molecule has 6 rings (SSSR count). The van der Waals surface area contributed by atoms with Gasteiger partial charge in [0.05, 0.1) is 6.61 Å². The van der Waals surface area contributed by atoms with Crippen molar-refractivity contribution in [1.82, 2.24) is 9.80 Å². The van der Waals surface area contributed by atoms with Crippen molar-refractivity contribution in [3.63, 3.8) is 0 Å². The molecule has 3 saturated carbocycles. The third-order valence-electron chi connectivity index (χ3n) is 13.3. The van der Waals surface area contributed by atoms with Gasteiger partial charge in [0.2, 0.25) is 5.78 Å². The van der Waals surface area contributed by atoms with Crippen LogP contribution in [0.3, 0.4) is 0 Å². The minimum atomic E-state index is -0.263. The van der Waals surface area contributed by atoms with Crippen molar-refractivity contribution in [2.75, 3.05) is 39.8 Å². The summed E-state index contributed by atoms with van der Waals surface area (Å²) in [5.74, 6) is 0.148. The van der Waals surface area contributed by atoms with Crippen molar-refractivity contribution in [3.05, 3.63) is 46.3 Å². The Hall–Kier alpha value is -2.34. The normalized spacial score (nSPS) is 42.7. The van der Waals surface area contributed by atoms with Crippen LogP contribution in [0.1, 0.15) is 86.5 Å². The van der Waals surface area contributed by atoms with Gasteiger partial charge < -0.3 is 19.6 Å². The van der Waals surface area contributed by atoms with E-state index in [1.165, 1.54) is 18.4 Å². The molecule has 0 radical (unpaired) electrons. The highest BCUT2D eigenvalue weighted by atomic mass is 16.6. The van der Waals surface area contributed by atoms with E-state index in [-0.39, 0.29) is 44.7 Å². The Morgan fingerprint density at radius 3 is 2.37 bits per heavy atom. The second-order valence-electron chi connectivity index (χ2n) is 15.7. The van der Waals surface area contributed by atoms with Gasteiger partial charge in [-0.3, -0.25) is 4.79 Å². The molecule has 0 spiro atoms. The van der Waals surface area contributed by atoms with Gasteiger partial charge in [-0.25, -0.2) is 4.79 Å². The quantitative estimate of drug-likeness (QED) is 0.393. The number of hydrogen-bond acceptors (Lipinski definition) is 5. The molecule has 0 aromatic rings. The molecule has 1 amide bonds. The Bertz CT molecular complexity index is 1300. The predicted molar refractivity (Wildman–Crippen MR) is 161 cm³/mol. The number of piperazine rings is 1. The number of ether oxygens (including phenoxy) is 1. The molecule has 6 atom stereocenters. The van der Waals surface area contributed by atoms with E-state index < -0.39 is 0 Å². The van der Waals surface area contributed by atoms with E-state index in [0.29, 0.717) is 18.1 Å². The Morgan fingerprint density at radius 1 is 0.976 bits per heavy atom. The number of allylic oxidation sites excluding steroid dienone is 7. The molecule has 1 saturated heterocycles. The van der Waals surface area contributed by atoms with Crippen LogP contribution in [0, 0.1) is 33.0 Å². The van der Waals surface area contributed by atoms with Crippen molar-refractivity contribution >= 4 is 11.9 Å². The van der Waals surface area contributed by atoms with E-state index in [9.17, 15) is 14.7 Å². The molecule has 0 aromatic heterocycles. The van der Waals surface area contributed by atoms with E-state index in [0.717, 1.165) is 69.4 Å². The predicted octanol–water partition coefficient (Wildman–Crippen LogP) is 7.00. The van der Waals surface area contributed by atoms with Crippen molar-refractivity contribution in [1.29, 1.82) is 0 Å². The zero-order chi connectivity index (χ0) is 29.6. The van der Waals surface area contributed by atoms with E-state index >= 15 is 0 Å². The largest absolute Gasteiger partial charge is 0.504 e. The van der Waals surface area contributed by atoms with Crippen LogP contribution in [0.15, 0.2) is 46.3 Å². The molecule has 5 aliphatic carbocycles. The molecular formula is C35H50N2O4. The van der Waals surface area contributed by atoms with Crippen LogP contribution in [0.25, 0.3) is 0 Å². The highest BCUT2D eigenvalue weighted by molar-refractivity contribution is 6.06. The second-order valence-corrected chi connectivity index (χ2v) is 15.7. The molecule has 0 unspecified atom stereocenters. The lowest BCUT2D eigenvalue weighted by molar-refractivity contribution is -0.166. The second kappa shape index (κ2) is 9.33. The van der Waals surface area contributed by atoms with Crippen molar-refractivity contribution in [2.24, 2.45) is 33.0 Å². The number of amides is 1. The maximum atomic E-state index is 13.0. The van der Waals surface area contributed by atoms with E-state index in [1.54, 1.807) is 6.08 Å². The number of rotatable bonds is 2. The Morgan fingerprint density at radius 2 is 1.66 bits per heavy atom. The average Bonchev–Trinajstić information content (AvgIpc) is 2.94. The van der Waals surface area contributed by atoms with Crippen LogP contribution in [0.5, 0.6) is 0 Å². The van der Waals surface area contributed by atoms with Crippen molar-refractivity contribution in [2.45, 2.75) is 86.5 Å². The van der Waals surface area contributed by atoms with E-state index in [1.807, 2.05) is 11.8 Å². The zero-order valence-corrected chi connectivity index (χ0v) is 26.4. The smallest absolute Gasteiger partial charge is 0.409 e. The zero-order valence-electron chi connectivity index (χ0n) is 26.4. The Kier molecular flexibility index (Phi) is 6.54. The number of likely N-dealkylation sites (N-methyl/N-ethyl adjacent to an activating group) is 1. The molecular weight excluding hydrogens is 512 g/mol. The number of fused-ring (bicyclic) bond motifs is 7. The highest BCUT2D eigenvalue weighted by Crippen LogP contribution is 2.75. The fourth-order valence-corrected chi connectivity index (χ4v) is 9.97. The van der Waals surface area contributed by atoms with Gasteiger partial charge >= 0.3 is 6.09 Å². The summed E-state index contributed by atoms with van der Waals surface area (Å²) in [7, 11) is 2.10. The van der Waals surface area contributed by atoms with Crippen LogP contribution in [-0.2, 0) is 9.53 Å². The molecule has 41 heavy (non-hydrogen) atoms. The summed E-state index contributed by atoms with van der Waals surface area (Å²) in [5.41, 5.74) is 4.43. The molecule has 0 bridgehead atoms. The summed E-state index contributed by atoms with van der Waals surface area (Å²) in [4.78, 5) is 29.9. The average molecular weight is 563 g/mol. The summed E-state index contributed by atoms with van der Waals surface area (Å²) in [6.07, 6.45) is 13.9. The Balaban J connectivity index is 1.28. The lowest BCUT2D eigenvalue weighted by Gasteiger charge is -2.70. The van der Waals surface area contributed by atoms with Gasteiger partial charge in [0.25, 0.3) is 0 Å². The summed E-state index contributed by atoms with van der Waals surface area (Å²) in [5, 5.41) is 10.4. The van der Waals surface area contributed by atoms with Crippen LogP contribution in [-0.4, -0.2) is 66.6 Å². The number of nitrogens with zero attached hydrogens (tertiary/aromatic N) is 2. The molecule has 4 fully saturated rings. The standard InChI is InChI=1S/C35H50N2O4/c1-23-24-8-9-27-33(4,25(24)20-26(38)29(23)39)13-15-35(6)28-21-31(2,10-11-32(28,3)12-14-34(27,35)5)22-41-30(40)37-18-16-36(7)17-19-37/h8-9,20,28,39H,10-19,21-22H2,1-7H3/t28-,31-,32-,33+,34-,35+/m1/s1. The topological polar surface area (TPSA) is 70.1 Å². The third-order valence-corrected chi connectivity index (χ3v) is 13.3. The van der Waals surface area contributed by atoms with Crippen LogP contribution in [0.2, 0.25) is 0 Å². The van der Waals surface area contributed by atoms with Crippen LogP contribution >= 0.6 is 0 Å². The van der Waals surface area contributed by atoms with Gasteiger partial charge in [0.1, 0.15) is 0 Å². The summed E-state index contributed by atoms with van der Waals surface area (Å²) in [6, 6.07) is 0. The molecule has 6 aliphatic rings. The first-order chi connectivity index (χ1) is 19.2. The van der Waals surface area contributed by atoms with Gasteiger partial charge in [0.15, 0.2) is 5.76 Å². The molecule has 1 aliphatic heterocycles. The molecule has 1 heterocycles. The van der Waals surface area contributed by atoms with Gasteiger partial charge in [-0.1, -0.05) is 52.3 Å². The van der Waals surface area contributed by atoms with Crippen LogP contribution in [0.4, 0.5) is 4.79 Å². The molecule has 0 aromatic carbocycles. The maximum Gasteiger partial charge on any atom is 0.409 e. The monoisotopic (exact) mass is 562 g/mol.